The summed E-state index contributed by atoms with van der Waals surface area (Å²) in [4.78, 5) is 33.3. The van der Waals surface area contributed by atoms with Gasteiger partial charge in [-0.3, -0.25) is 14.6 Å². The van der Waals surface area contributed by atoms with E-state index >= 15 is 0 Å². The molecular weight excluding hydrogens is 481 g/mol. The first-order valence-corrected chi connectivity index (χ1v) is 11.0. The van der Waals surface area contributed by atoms with Crippen LogP contribution in [0.2, 0.25) is 0 Å². The van der Waals surface area contributed by atoms with Gasteiger partial charge in [0.1, 0.15) is 0 Å². The fraction of sp³-hybridized carbons (Fsp3) is 0.857. The Morgan fingerprint density at radius 2 is 1.86 bits per heavy atom. The third kappa shape index (κ3) is 7.94. The van der Waals surface area contributed by atoms with Crippen LogP contribution in [0, 0.1) is 5.41 Å². The van der Waals surface area contributed by atoms with Gasteiger partial charge in [-0.15, -0.1) is 24.0 Å². The molecule has 0 spiro atoms. The molecule has 1 saturated heterocycles. The molecule has 0 aromatic carbocycles. The van der Waals surface area contributed by atoms with Crippen LogP contribution in [0.5, 0.6) is 0 Å². The maximum atomic E-state index is 12.7. The van der Waals surface area contributed by atoms with E-state index in [2.05, 4.69) is 10.6 Å². The minimum Gasteiger partial charge on any atom is -0.357 e. The summed E-state index contributed by atoms with van der Waals surface area (Å²) in [5.41, 5.74) is -0.343. The zero-order chi connectivity index (χ0) is 20.4. The molecular formula is C21H40IN5O2. The van der Waals surface area contributed by atoms with Crippen molar-refractivity contribution in [1.82, 2.24) is 20.4 Å². The van der Waals surface area contributed by atoms with E-state index in [-0.39, 0.29) is 35.3 Å². The molecule has 0 unspecified atom stereocenters. The molecule has 0 atom stereocenters. The second-order valence-corrected chi connectivity index (χ2v) is 8.35. The lowest BCUT2D eigenvalue weighted by atomic mass is 9.85. The number of halogens is 1. The molecule has 2 aliphatic rings. The SMILES string of the molecule is CCNC(=NCC1(C(=O)N(C)C)CCCC1)NCCCN1CCCCCC1=O.I. The summed E-state index contributed by atoms with van der Waals surface area (Å²) in [6.07, 6.45) is 8.94. The minimum atomic E-state index is -0.343. The lowest BCUT2D eigenvalue weighted by molar-refractivity contribution is -0.138. The number of nitrogens with one attached hydrogen (secondary N) is 2. The molecule has 0 bridgehead atoms. The zero-order valence-corrected chi connectivity index (χ0v) is 20.8. The number of nitrogens with zero attached hydrogens (tertiary/aromatic N) is 3. The van der Waals surface area contributed by atoms with E-state index in [1.807, 2.05) is 25.9 Å². The molecule has 7 nitrogen and oxygen atoms in total. The van der Waals surface area contributed by atoms with Gasteiger partial charge >= 0.3 is 0 Å². The van der Waals surface area contributed by atoms with Gasteiger partial charge in [0, 0.05) is 46.7 Å². The predicted molar refractivity (Wildman–Crippen MR) is 129 cm³/mol. The Kier molecular flexibility index (Phi) is 11.9. The summed E-state index contributed by atoms with van der Waals surface area (Å²) in [6, 6.07) is 0. The van der Waals surface area contributed by atoms with Gasteiger partial charge in [0.2, 0.25) is 11.8 Å². The number of carbonyl (C=O) groups is 2. The summed E-state index contributed by atoms with van der Waals surface area (Å²) < 4.78 is 0. The molecule has 8 heteroatoms. The fourth-order valence-electron chi connectivity index (χ4n) is 4.29. The maximum absolute atomic E-state index is 12.7. The largest absolute Gasteiger partial charge is 0.357 e. The summed E-state index contributed by atoms with van der Waals surface area (Å²) in [5.74, 6) is 1.26. The number of rotatable bonds is 8. The van der Waals surface area contributed by atoms with E-state index in [1.54, 1.807) is 4.90 Å². The number of amides is 2. The quantitative estimate of drug-likeness (QED) is 0.223. The van der Waals surface area contributed by atoms with Crippen LogP contribution in [0.1, 0.15) is 64.7 Å². The number of guanidine groups is 1. The van der Waals surface area contributed by atoms with Crippen molar-refractivity contribution in [2.24, 2.45) is 10.4 Å². The third-order valence-corrected chi connectivity index (χ3v) is 5.87. The predicted octanol–water partition coefficient (Wildman–Crippen LogP) is 2.60. The molecule has 1 aliphatic heterocycles. The monoisotopic (exact) mass is 521 g/mol. The molecule has 1 heterocycles. The van der Waals surface area contributed by atoms with Crippen LogP contribution in [-0.2, 0) is 9.59 Å². The molecule has 1 saturated carbocycles. The van der Waals surface area contributed by atoms with Crippen molar-refractivity contribution in [3.8, 4) is 0 Å². The van der Waals surface area contributed by atoms with Gasteiger partial charge in [-0.2, -0.15) is 0 Å². The summed E-state index contributed by atoms with van der Waals surface area (Å²) in [6.45, 7) is 5.82. The Morgan fingerprint density at radius 1 is 1.14 bits per heavy atom. The first-order chi connectivity index (χ1) is 13.5. The molecule has 29 heavy (non-hydrogen) atoms. The van der Waals surface area contributed by atoms with E-state index in [1.165, 1.54) is 0 Å². The number of hydrogen-bond acceptors (Lipinski definition) is 3. The number of carbonyl (C=O) groups excluding carboxylic acids is 2. The Morgan fingerprint density at radius 3 is 2.52 bits per heavy atom. The summed E-state index contributed by atoms with van der Waals surface area (Å²) in [5, 5.41) is 6.66. The molecule has 0 aromatic rings. The second kappa shape index (κ2) is 13.3. The minimum absolute atomic E-state index is 0. The number of likely N-dealkylation sites (tertiary alicyclic amines) is 1. The molecule has 2 fully saturated rings. The average molecular weight is 521 g/mol. The van der Waals surface area contributed by atoms with Gasteiger partial charge in [-0.1, -0.05) is 19.3 Å². The molecule has 0 aromatic heterocycles. The number of aliphatic imine (C=N–C) groups is 1. The van der Waals surface area contributed by atoms with E-state index in [4.69, 9.17) is 4.99 Å². The van der Waals surface area contributed by atoms with Crippen LogP contribution >= 0.6 is 24.0 Å². The van der Waals surface area contributed by atoms with Crippen molar-refractivity contribution in [3.05, 3.63) is 0 Å². The Bertz CT molecular complexity index is 547. The van der Waals surface area contributed by atoms with Crippen molar-refractivity contribution in [1.29, 1.82) is 0 Å². The molecule has 1 aliphatic carbocycles. The highest BCUT2D eigenvalue weighted by atomic mass is 127. The van der Waals surface area contributed by atoms with Gasteiger partial charge in [0.05, 0.1) is 12.0 Å². The molecule has 0 radical (unpaired) electrons. The van der Waals surface area contributed by atoms with Crippen molar-refractivity contribution in [2.75, 3.05) is 46.8 Å². The highest BCUT2D eigenvalue weighted by Crippen LogP contribution is 2.39. The van der Waals surface area contributed by atoms with E-state index in [0.29, 0.717) is 18.9 Å². The van der Waals surface area contributed by atoms with Crippen molar-refractivity contribution < 1.29 is 9.59 Å². The van der Waals surface area contributed by atoms with Gasteiger partial charge in [0.25, 0.3) is 0 Å². The highest BCUT2D eigenvalue weighted by Gasteiger charge is 2.42. The Balaban J connectivity index is 0.00000420. The molecule has 2 amide bonds. The zero-order valence-electron chi connectivity index (χ0n) is 18.5. The fourth-order valence-corrected chi connectivity index (χ4v) is 4.29. The topological polar surface area (TPSA) is 77.0 Å². The van der Waals surface area contributed by atoms with Crippen molar-refractivity contribution in [2.45, 2.75) is 64.7 Å². The van der Waals surface area contributed by atoms with E-state index in [0.717, 1.165) is 83.5 Å². The first-order valence-electron chi connectivity index (χ1n) is 11.0. The van der Waals surface area contributed by atoms with Gasteiger partial charge in [-0.25, -0.2) is 0 Å². The molecule has 168 valence electrons. The van der Waals surface area contributed by atoms with E-state index < -0.39 is 0 Å². The van der Waals surface area contributed by atoms with Crippen LogP contribution < -0.4 is 10.6 Å². The standard InChI is InChI=1S/C21H39N5O2.HI/c1-4-22-20(23-14-10-16-26-15-9-5-6-11-18(26)27)24-17-21(12-7-8-13-21)19(28)25(2)3;/h4-17H2,1-3H3,(H2,22,23,24);1H. The smallest absolute Gasteiger partial charge is 0.230 e. The highest BCUT2D eigenvalue weighted by molar-refractivity contribution is 14.0. The van der Waals surface area contributed by atoms with Crippen LogP contribution in [0.25, 0.3) is 0 Å². The van der Waals surface area contributed by atoms with Crippen molar-refractivity contribution in [3.63, 3.8) is 0 Å². The summed E-state index contributed by atoms with van der Waals surface area (Å²) in [7, 11) is 3.67. The lowest BCUT2D eigenvalue weighted by Gasteiger charge is -2.29. The van der Waals surface area contributed by atoms with Crippen LogP contribution in [-0.4, -0.2) is 74.4 Å². The van der Waals surface area contributed by atoms with E-state index in [9.17, 15) is 9.59 Å². The van der Waals surface area contributed by atoms with Crippen LogP contribution in [0.15, 0.2) is 4.99 Å². The second-order valence-electron chi connectivity index (χ2n) is 8.35. The van der Waals surface area contributed by atoms with Gasteiger partial charge < -0.3 is 20.4 Å². The van der Waals surface area contributed by atoms with Crippen LogP contribution in [0.4, 0.5) is 0 Å². The van der Waals surface area contributed by atoms with Crippen molar-refractivity contribution >= 4 is 41.8 Å². The number of hydrogen-bond donors (Lipinski definition) is 2. The summed E-state index contributed by atoms with van der Waals surface area (Å²) >= 11 is 0. The normalized spacial score (nSPS) is 19.3. The van der Waals surface area contributed by atoms with Gasteiger partial charge in [-0.05, 0) is 39.0 Å². The average Bonchev–Trinajstić information content (AvgIpc) is 3.07. The molecule has 2 rings (SSSR count). The lowest BCUT2D eigenvalue weighted by Crippen LogP contribution is -2.43. The Labute approximate surface area is 193 Å². The Hall–Kier alpha value is -1.06. The third-order valence-electron chi connectivity index (χ3n) is 5.87. The first kappa shape index (κ1) is 26.0. The van der Waals surface area contributed by atoms with Gasteiger partial charge in [0.15, 0.2) is 5.96 Å². The van der Waals surface area contributed by atoms with Crippen LogP contribution in [0.3, 0.4) is 0 Å². The maximum Gasteiger partial charge on any atom is 0.230 e. The molecule has 2 N–H and O–H groups in total.